The van der Waals surface area contributed by atoms with Gasteiger partial charge in [-0.3, -0.25) is 13.9 Å². The fourth-order valence-electron chi connectivity index (χ4n) is 4.74. The molecular formula is C23H33BN2O5. The number of methoxy groups -OCH3 is 1. The number of rotatable bonds is 4. The number of carbonyl (C=O) groups is 1. The summed E-state index contributed by atoms with van der Waals surface area (Å²) in [4.78, 5) is 24.8. The van der Waals surface area contributed by atoms with Crippen molar-refractivity contribution >= 4 is 29.6 Å². The van der Waals surface area contributed by atoms with Crippen molar-refractivity contribution in [1.82, 2.24) is 9.13 Å². The Morgan fingerprint density at radius 1 is 1.10 bits per heavy atom. The van der Waals surface area contributed by atoms with Gasteiger partial charge in [0.1, 0.15) is 0 Å². The number of esters is 1. The summed E-state index contributed by atoms with van der Waals surface area (Å²) in [5.41, 5.74) is 1.86. The molecule has 2 heterocycles. The van der Waals surface area contributed by atoms with Crippen molar-refractivity contribution in [2.45, 2.75) is 71.1 Å². The van der Waals surface area contributed by atoms with Gasteiger partial charge in [0, 0.05) is 13.6 Å². The lowest BCUT2D eigenvalue weighted by Crippen LogP contribution is -2.41. The molecule has 1 aromatic heterocycles. The molecule has 1 saturated heterocycles. The third-order valence-corrected chi connectivity index (χ3v) is 7.52. The molecule has 1 aromatic carbocycles. The maximum Gasteiger partial charge on any atom is 0.494 e. The Morgan fingerprint density at radius 2 is 1.71 bits per heavy atom. The van der Waals surface area contributed by atoms with Crippen LogP contribution in [0.1, 0.15) is 53.4 Å². The predicted octanol–water partition coefficient (Wildman–Crippen LogP) is 2.62. The maximum absolute atomic E-state index is 13.0. The molecule has 31 heavy (non-hydrogen) atoms. The Labute approximate surface area is 183 Å². The van der Waals surface area contributed by atoms with E-state index in [0.717, 1.165) is 42.2 Å². The highest BCUT2D eigenvalue weighted by Crippen LogP contribution is 2.36. The Balaban J connectivity index is 1.60. The van der Waals surface area contributed by atoms with Crippen molar-refractivity contribution in [3.05, 3.63) is 28.7 Å². The van der Waals surface area contributed by atoms with Crippen molar-refractivity contribution in [3.8, 4) is 0 Å². The molecule has 0 atom stereocenters. The van der Waals surface area contributed by atoms with Gasteiger partial charge in [0.15, 0.2) is 0 Å². The number of benzene rings is 1. The number of carbonyl (C=O) groups excluding carboxylic acids is 1. The normalized spacial score (nSPS) is 25.2. The number of fused-ring (bicyclic) bond motifs is 1. The molecule has 2 fully saturated rings. The van der Waals surface area contributed by atoms with Gasteiger partial charge in [-0.1, -0.05) is 6.07 Å². The van der Waals surface area contributed by atoms with E-state index in [2.05, 4.69) is 0 Å². The number of hydrogen-bond acceptors (Lipinski definition) is 5. The summed E-state index contributed by atoms with van der Waals surface area (Å²) in [6.45, 7) is 8.80. The minimum atomic E-state index is -0.464. The van der Waals surface area contributed by atoms with Crippen molar-refractivity contribution in [3.63, 3.8) is 0 Å². The summed E-state index contributed by atoms with van der Waals surface area (Å²) >= 11 is 0. The van der Waals surface area contributed by atoms with Crippen LogP contribution in [0.2, 0.25) is 0 Å². The first-order chi connectivity index (χ1) is 14.5. The number of ether oxygens (including phenoxy) is 1. The molecule has 2 aromatic rings. The molecule has 1 aliphatic heterocycles. The van der Waals surface area contributed by atoms with Gasteiger partial charge in [0.25, 0.3) is 0 Å². The molecule has 8 heteroatoms. The largest absolute Gasteiger partial charge is 0.494 e. The fraction of sp³-hybridized carbons (Fsp3) is 0.652. The second-order valence-corrected chi connectivity index (χ2v) is 10.0. The molecule has 2 aliphatic rings. The summed E-state index contributed by atoms with van der Waals surface area (Å²) < 4.78 is 20.9. The van der Waals surface area contributed by atoms with Crippen LogP contribution in [0.25, 0.3) is 11.0 Å². The zero-order chi connectivity index (χ0) is 22.6. The first-order valence-corrected chi connectivity index (χ1v) is 11.2. The van der Waals surface area contributed by atoms with Gasteiger partial charge in [-0.05, 0) is 76.9 Å². The Hall–Kier alpha value is -2.06. The third-order valence-electron chi connectivity index (χ3n) is 7.52. The highest BCUT2D eigenvalue weighted by Gasteiger charge is 2.51. The fourth-order valence-corrected chi connectivity index (χ4v) is 4.74. The molecule has 0 amide bonds. The average molecular weight is 428 g/mol. The van der Waals surface area contributed by atoms with Crippen molar-refractivity contribution in [2.75, 3.05) is 7.11 Å². The minimum Gasteiger partial charge on any atom is -0.469 e. The summed E-state index contributed by atoms with van der Waals surface area (Å²) in [7, 11) is 2.79. The van der Waals surface area contributed by atoms with E-state index >= 15 is 0 Å². The van der Waals surface area contributed by atoms with Gasteiger partial charge in [0.05, 0.1) is 35.3 Å². The van der Waals surface area contributed by atoms with E-state index in [1.165, 1.54) is 7.11 Å². The molecule has 0 radical (unpaired) electrons. The lowest BCUT2D eigenvalue weighted by atomic mass is 9.79. The van der Waals surface area contributed by atoms with E-state index < -0.39 is 18.3 Å². The van der Waals surface area contributed by atoms with E-state index in [1.54, 1.807) is 4.57 Å². The lowest BCUT2D eigenvalue weighted by molar-refractivity contribution is -0.146. The Bertz CT molecular complexity index is 1030. The smallest absolute Gasteiger partial charge is 0.469 e. The molecule has 1 aliphatic carbocycles. The number of nitrogens with zero attached hydrogens (tertiary/aromatic N) is 2. The summed E-state index contributed by atoms with van der Waals surface area (Å²) in [5.74, 6) is 0.234. The van der Waals surface area contributed by atoms with E-state index in [4.69, 9.17) is 14.0 Å². The first kappa shape index (κ1) is 22.2. The van der Waals surface area contributed by atoms with Gasteiger partial charge in [-0.2, -0.15) is 0 Å². The maximum atomic E-state index is 13.0. The van der Waals surface area contributed by atoms with Gasteiger partial charge in [0.2, 0.25) is 0 Å². The van der Waals surface area contributed by atoms with Crippen LogP contribution < -0.4 is 11.2 Å². The molecule has 0 N–H and O–H groups in total. The standard InChI is InChI=1S/C23H33BN2O5/c1-22(2)23(3,4)31-24(30-22)17-11-12-18-19(13-17)26(21(28)25(18)5)14-15-7-9-16(10-8-15)20(27)29-6/h11-13,15-16H,7-10,14H2,1-6H3. The van der Waals surface area contributed by atoms with E-state index in [9.17, 15) is 9.59 Å². The van der Waals surface area contributed by atoms with Crippen LogP contribution in [0.5, 0.6) is 0 Å². The predicted molar refractivity (Wildman–Crippen MR) is 120 cm³/mol. The second-order valence-electron chi connectivity index (χ2n) is 10.0. The lowest BCUT2D eigenvalue weighted by Gasteiger charge is -2.32. The van der Waals surface area contributed by atoms with Gasteiger partial charge in [-0.25, -0.2) is 4.79 Å². The van der Waals surface area contributed by atoms with Crippen LogP contribution in [-0.4, -0.2) is 40.5 Å². The van der Waals surface area contributed by atoms with E-state index in [-0.39, 0.29) is 17.6 Å². The number of hydrogen-bond donors (Lipinski definition) is 0. The van der Waals surface area contributed by atoms with Crippen LogP contribution in [-0.2, 0) is 32.4 Å². The highest BCUT2D eigenvalue weighted by molar-refractivity contribution is 6.62. The van der Waals surface area contributed by atoms with Crippen LogP contribution in [0.3, 0.4) is 0 Å². The Kier molecular flexibility index (Phi) is 5.59. The summed E-state index contributed by atoms with van der Waals surface area (Å²) in [5, 5.41) is 0. The van der Waals surface area contributed by atoms with Crippen LogP contribution in [0, 0.1) is 11.8 Å². The van der Waals surface area contributed by atoms with Gasteiger partial charge in [-0.15, -0.1) is 0 Å². The molecule has 4 rings (SSSR count). The second kappa shape index (κ2) is 7.82. The SMILES string of the molecule is COC(=O)C1CCC(Cn2c(=O)n(C)c3ccc(B4OC(C)(C)C(C)(C)O4)cc32)CC1. The molecule has 1 saturated carbocycles. The van der Waals surface area contributed by atoms with Crippen molar-refractivity contribution in [1.29, 1.82) is 0 Å². The highest BCUT2D eigenvalue weighted by atomic mass is 16.7. The Morgan fingerprint density at radius 3 is 2.29 bits per heavy atom. The van der Waals surface area contributed by atoms with Crippen LogP contribution in [0.4, 0.5) is 0 Å². The van der Waals surface area contributed by atoms with E-state index in [1.807, 2.05) is 57.5 Å². The van der Waals surface area contributed by atoms with Crippen molar-refractivity contribution < 1.29 is 18.8 Å². The third kappa shape index (κ3) is 3.84. The quantitative estimate of drug-likeness (QED) is 0.553. The van der Waals surface area contributed by atoms with Crippen molar-refractivity contribution in [2.24, 2.45) is 18.9 Å². The molecule has 0 bridgehead atoms. The average Bonchev–Trinajstić information content (AvgIpc) is 3.10. The topological polar surface area (TPSA) is 71.7 Å². The molecule has 0 unspecified atom stereocenters. The number of aromatic nitrogens is 2. The summed E-state index contributed by atoms with van der Waals surface area (Å²) in [6.07, 6.45) is 3.46. The molecule has 168 valence electrons. The number of imidazole rings is 1. The molecule has 0 spiro atoms. The zero-order valence-electron chi connectivity index (χ0n) is 19.4. The molecule has 7 nitrogen and oxygen atoms in total. The van der Waals surface area contributed by atoms with E-state index in [0.29, 0.717) is 12.5 Å². The van der Waals surface area contributed by atoms with Crippen LogP contribution >= 0.6 is 0 Å². The summed E-state index contributed by atoms with van der Waals surface area (Å²) in [6, 6.07) is 5.98. The molecular weight excluding hydrogens is 395 g/mol. The van der Waals surface area contributed by atoms with Gasteiger partial charge < -0.3 is 14.0 Å². The minimum absolute atomic E-state index is 0.0135. The monoisotopic (exact) mass is 428 g/mol. The first-order valence-electron chi connectivity index (χ1n) is 11.2. The zero-order valence-corrected chi connectivity index (χ0v) is 19.4. The number of aryl methyl sites for hydroxylation is 1. The van der Waals surface area contributed by atoms with Crippen LogP contribution in [0.15, 0.2) is 23.0 Å². The van der Waals surface area contributed by atoms with Gasteiger partial charge >= 0.3 is 18.8 Å².